The molecule has 5 atom stereocenters. The SMILES string of the molecule is CC(=O)c1ccc2[nH]c(C(=O)N[C@@H]3Cc4ccccc4[C@H]4CC[C@@H](C(=O)N[C@@H](CCC(N)=O)C(=O)C[C@H](C(=O)N5CCCCC5)C5CCCCC5)N4C3=O)cc2c1. The molecule has 3 aromatic rings. The van der Waals surface area contributed by atoms with E-state index in [1.54, 1.807) is 29.2 Å². The highest BCUT2D eigenvalue weighted by molar-refractivity contribution is 6.03. The summed E-state index contributed by atoms with van der Waals surface area (Å²) in [6.07, 6.45) is 8.66. The fourth-order valence-electron chi connectivity index (χ4n) is 9.60. The van der Waals surface area contributed by atoms with E-state index in [0.29, 0.717) is 42.4 Å². The van der Waals surface area contributed by atoms with E-state index in [-0.39, 0.29) is 54.8 Å². The van der Waals surface area contributed by atoms with Crippen LogP contribution in [0.2, 0.25) is 0 Å². The van der Waals surface area contributed by atoms with E-state index in [4.69, 9.17) is 5.73 Å². The third kappa shape index (κ3) is 8.82. The molecule has 0 bridgehead atoms. The fourth-order valence-corrected chi connectivity index (χ4v) is 9.60. The summed E-state index contributed by atoms with van der Waals surface area (Å²) in [6, 6.07) is 11.0. The molecule has 13 heteroatoms. The van der Waals surface area contributed by atoms with Gasteiger partial charge in [-0.25, -0.2) is 0 Å². The van der Waals surface area contributed by atoms with Gasteiger partial charge in [-0.2, -0.15) is 0 Å². The number of H-pyrrole nitrogens is 1. The van der Waals surface area contributed by atoms with Crippen molar-refractivity contribution < 1.29 is 33.6 Å². The molecule has 2 aromatic carbocycles. The molecule has 0 spiro atoms. The zero-order chi connectivity index (χ0) is 40.2. The first kappa shape index (κ1) is 39.9. The molecule has 7 rings (SSSR count). The molecule has 13 nitrogen and oxygen atoms in total. The van der Waals surface area contributed by atoms with Gasteiger partial charge in [-0.05, 0) is 99.6 Å². The molecule has 302 valence electrons. The van der Waals surface area contributed by atoms with E-state index in [0.717, 1.165) is 62.5 Å². The first-order chi connectivity index (χ1) is 27.5. The number of nitrogens with one attached hydrogen (secondary N) is 3. The van der Waals surface area contributed by atoms with Gasteiger partial charge >= 0.3 is 0 Å². The average molecular weight is 779 g/mol. The zero-order valence-electron chi connectivity index (χ0n) is 32.7. The second kappa shape index (κ2) is 17.4. The van der Waals surface area contributed by atoms with Gasteiger partial charge in [0.15, 0.2) is 11.6 Å². The number of Topliss-reactive ketones (excluding diaryl/α,β-unsaturated/α-hetero) is 2. The zero-order valence-corrected chi connectivity index (χ0v) is 32.7. The van der Waals surface area contributed by atoms with E-state index < -0.39 is 53.7 Å². The van der Waals surface area contributed by atoms with Crippen LogP contribution in [-0.4, -0.2) is 87.1 Å². The predicted molar refractivity (Wildman–Crippen MR) is 213 cm³/mol. The van der Waals surface area contributed by atoms with Gasteiger partial charge in [-0.1, -0.05) is 43.5 Å². The maximum Gasteiger partial charge on any atom is 0.268 e. The normalized spacial score (nSPS) is 22.2. The lowest BCUT2D eigenvalue weighted by Crippen LogP contribution is -2.55. The third-order valence-corrected chi connectivity index (χ3v) is 12.7. The van der Waals surface area contributed by atoms with E-state index in [2.05, 4.69) is 15.6 Å². The van der Waals surface area contributed by atoms with E-state index in [1.807, 2.05) is 29.2 Å². The summed E-state index contributed by atoms with van der Waals surface area (Å²) in [5.41, 5.74) is 8.73. The van der Waals surface area contributed by atoms with Crippen LogP contribution in [0.4, 0.5) is 0 Å². The van der Waals surface area contributed by atoms with Gasteiger partial charge in [0, 0.05) is 54.7 Å². The highest BCUT2D eigenvalue weighted by Gasteiger charge is 2.47. The van der Waals surface area contributed by atoms with Gasteiger partial charge in [0.2, 0.25) is 23.6 Å². The van der Waals surface area contributed by atoms with Gasteiger partial charge in [-0.3, -0.25) is 33.6 Å². The molecule has 5 N–H and O–H groups in total. The molecule has 3 fully saturated rings. The smallest absolute Gasteiger partial charge is 0.268 e. The molecule has 1 aliphatic carbocycles. The molecule has 4 heterocycles. The number of aromatic amines is 1. The van der Waals surface area contributed by atoms with Crippen LogP contribution in [-0.2, 0) is 30.4 Å². The summed E-state index contributed by atoms with van der Waals surface area (Å²) in [6.45, 7) is 2.83. The average Bonchev–Trinajstić information content (AvgIpc) is 3.84. The van der Waals surface area contributed by atoms with Gasteiger partial charge < -0.3 is 31.2 Å². The number of rotatable bonds is 13. The minimum absolute atomic E-state index is 0.00346. The number of amides is 5. The second-order valence-electron chi connectivity index (χ2n) is 16.5. The number of ketones is 2. The highest BCUT2D eigenvalue weighted by atomic mass is 16.2. The molecule has 5 amide bonds. The van der Waals surface area contributed by atoms with Crippen molar-refractivity contribution in [2.45, 2.75) is 121 Å². The highest BCUT2D eigenvalue weighted by Crippen LogP contribution is 2.41. The number of benzene rings is 2. The quantitative estimate of drug-likeness (QED) is 0.181. The Labute approximate surface area is 332 Å². The largest absolute Gasteiger partial charge is 0.370 e. The summed E-state index contributed by atoms with van der Waals surface area (Å²) < 4.78 is 0. The van der Waals surface area contributed by atoms with E-state index in [1.165, 1.54) is 6.92 Å². The Morgan fingerprint density at radius 3 is 2.37 bits per heavy atom. The molecule has 57 heavy (non-hydrogen) atoms. The van der Waals surface area contributed by atoms with E-state index >= 15 is 0 Å². The van der Waals surface area contributed by atoms with Crippen LogP contribution in [0.5, 0.6) is 0 Å². The number of hydrogen-bond donors (Lipinski definition) is 4. The Morgan fingerprint density at radius 2 is 1.63 bits per heavy atom. The summed E-state index contributed by atoms with van der Waals surface area (Å²) in [5.74, 6) is -2.88. The lowest BCUT2D eigenvalue weighted by Gasteiger charge is -2.36. The van der Waals surface area contributed by atoms with Gasteiger partial charge in [0.05, 0.1) is 12.1 Å². The van der Waals surface area contributed by atoms with E-state index in [9.17, 15) is 33.6 Å². The van der Waals surface area contributed by atoms with Crippen molar-refractivity contribution in [3.05, 3.63) is 70.9 Å². The number of likely N-dealkylation sites (tertiary alicyclic amines) is 1. The lowest BCUT2D eigenvalue weighted by molar-refractivity contribution is -0.143. The minimum atomic E-state index is -1.07. The number of carbonyl (C=O) groups is 7. The first-order valence-corrected chi connectivity index (χ1v) is 20.7. The van der Waals surface area contributed by atoms with Crippen molar-refractivity contribution in [3.63, 3.8) is 0 Å². The molecule has 4 aliphatic rings. The molecule has 1 aromatic heterocycles. The number of aromatic nitrogens is 1. The number of carbonyl (C=O) groups excluding carboxylic acids is 7. The Balaban J connectivity index is 1.11. The van der Waals surface area contributed by atoms with Crippen LogP contribution in [0.3, 0.4) is 0 Å². The molecule has 2 saturated heterocycles. The number of nitrogens with zero attached hydrogens (tertiary/aromatic N) is 2. The molecular formula is C44H54N6O7. The number of piperidine rings is 1. The Morgan fingerprint density at radius 1 is 0.895 bits per heavy atom. The Kier molecular flexibility index (Phi) is 12.2. The van der Waals surface area contributed by atoms with Crippen LogP contribution >= 0.6 is 0 Å². The Hall–Kier alpha value is -5.33. The molecule has 0 unspecified atom stereocenters. The van der Waals surface area contributed by atoms with Crippen molar-refractivity contribution in [1.29, 1.82) is 0 Å². The molecule has 0 radical (unpaired) electrons. The van der Waals surface area contributed by atoms with Crippen molar-refractivity contribution in [3.8, 4) is 0 Å². The monoisotopic (exact) mass is 778 g/mol. The summed E-state index contributed by atoms with van der Waals surface area (Å²) in [5, 5.41) is 6.52. The maximum atomic E-state index is 14.6. The lowest BCUT2D eigenvalue weighted by atomic mass is 9.76. The van der Waals surface area contributed by atoms with Gasteiger partial charge in [0.1, 0.15) is 17.8 Å². The first-order valence-electron chi connectivity index (χ1n) is 20.7. The molecule has 3 aliphatic heterocycles. The number of hydrogen-bond acceptors (Lipinski definition) is 7. The standard InChI is InChI=1S/C44H54N6O7/c1-26(51)28-14-15-33-30(22-28)24-35(46-33)41(54)48-36-23-29-12-6-7-13-31(29)37-17-18-38(50(37)44(36)57)42(55)47-34(16-19-40(45)53)39(52)25-32(27-10-4-2-5-11-27)43(56)49-20-8-3-9-21-49/h6-7,12-15,22,24,27,32,34,36-38,46H,2-5,8-11,16-21,23,25H2,1H3,(H2,45,53)(H,47,55)(H,48,54)/t32-,34-,36+,37+,38-/m0/s1. The molecule has 1 saturated carbocycles. The van der Waals surface area contributed by atoms with Crippen molar-refractivity contribution in [2.75, 3.05) is 13.1 Å². The Bertz CT molecular complexity index is 2050. The second-order valence-corrected chi connectivity index (χ2v) is 16.5. The number of fused-ring (bicyclic) bond motifs is 4. The van der Waals surface area contributed by atoms with Crippen LogP contribution in [0.15, 0.2) is 48.5 Å². The van der Waals surface area contributed by atoms with Crippen LogP contribution < -0.4 is 16.4 Å². The number of primary amides is 1. The van der Waals surface area contributed by atoms with Crippen molar-refractivity contribution in [1.82, 2.24) is 25.4 Å². The van der Waals surface area contributed by atoms with Gasteiger partial charge in [0.25, 0.3) is 5.91 Å². The summed E-state index contributed by atoms with van der Waals surface area (Å²) in [7, 11) is 0. The van der Waals surface area contributed by atoms with Gasteiger partial charge in [-0.15, -0.1) is 0 Å². The predicted octanol–water partition coefficient (Wildman–Crippen LogP) is 4.68. The summed E-state index contributed by atoms with van der Waals surface area (Å²) >= 11 is 0. The third-order valence-electron chi connectivity index (χ3n) is 12.7. The summed E-state index contributed by atoms with van der Waals surface area (Å²) in [4.78, 5) is 101. The minimum Gasteiger partial charge on any atom is -0.370 e. The van der Waals surface area contributed by atoms with Crippen LogP contribution in [0.25, 0.3) is 10.9 Å². The topological polar surface area (TPSA) is 192 Å². The van der Waals surface area contributed by atoms with Crippen LogP contribution in [0.1, 0.15) is 128 Å². The maximum absolute atomic E-state index is 14.6. The fraction of sp³-hybridized carbons (Fsp3) is 0.523. The number of nitrogens with two attached hydrogens (primary N) is 1. The molecular weight excluding hydrogens is 725 g/mol. The van der Waals surface area contributed by atoms with Crippen LogP contribution in [0, 0.1) is 11.8 Å². The van der Waals surface area contributed by atoms with Crippen molar-refractivity contribution >= 4 is 52.0 Å². The van der Waals surface area contributed by atoms with Crippen molar-refractivity contribution in [2.24, 2.45) is 17.6 Å².